The Hall–Kier alpha value is -2.83. The lowest BCUT2D eigenvalue weighted by Crippen LogP contribution is -2.14. The first-order valence-corrected chi connectivity index (χ1v) is 6.77. The van der Waals surface area contributed by atoms with Crippen molar-refractivity contribution in [3.05, 3.63) is 65.6 Å². The van der Waals surface area contributed by atoms with Gasteiger partial charge < -0.3 is 9.72 Å². The van der Waals surface area contributed by atoms with Gasteiger partial charge in [-0.05, 0) is 37.3 Å². The number of rotatable bonds is 2. The molecule has 0 aliphatic rings. The molecule has 0 spiro atoms. The number of pyridine rings is 1. The number of aryl methyl sites for hydroxylation is 1. The molecule has 0 fully saturated rings. The summed E-state index contributed by atoms with van der Waals surface area (Å²) in [5, 5.41) is 2.48. The lowest BCUT2D eigenvalue weighted by molar-refractivity contribution is -0.137. The molecule has 0 unspecified atom stereocenters. The number of imidazole rings is 1. The molecule has 118 valence electrons. The number of hydrogen-bond acceptors (Lipinski definition) is 2. The molecule has 3 aromatic rings. The Balaban J connectivity index is 1.92. The van der Waals surface area contributed by atoms with E-state index in [1.54, 1.807) is 35.9 Å². The van der Waals surface area contributed by atoms with Crippen molar-refractivity contribution in [2.75, 3.05) is 5.32 Å². The van der Waals surface area contributed by atoms with Gasteiger partial charge in [-0.25, -0.2) is 4.98 Å². The Morgan fingerprint density at radius 2 is 2.00 bits per heavy atom. The van der Waals surface area contributed by atoms with Crippen LogP contribution in [0.5, 0.6) is 0 Å². The van der Waals surface area contributed by atoms with Crippen molar-refractivity contribution in [1.82, 2.24) is 9.38 Å². The molecule has 3 rings (SSSR count). The van der Waals surface area contributed by atoms with Crippen molar-refractivity contribution in [1.29, 1.82) is 0 Å². The molecule has 7 heteroatoms. The van der Waals surface area contributed by atoms with E-state index in [0.717, 1.165) is 17.8 Å². The summed E-state index contributed by atoms with van der Waals surface area (Å²) in [6.45, 7) is 1.79. The van der Waals surface area contributed by atoms with Crippen LogP contribution in [-0.2, 0) is 6.18 Å². The van der Waals surface area contributed by atoms with Crippen LogP contribution in [0.1, 0.15) is 21.6 Å². The summed E-state index contributed by atoms with van der Waals surface area (Å²) >= 11 is 0. The predicted octanol–water partition coefficient (Wildman–Crippen LogP) is 3.91. The maximum Gasteiger partial charge on any atom is 0.416 e. The lowest BCUT2D eigenvalue weighted by atomic mass is 10.2. The second-order valence-corrected chi connectivity index (χ2v) is 5.07. The third kappa shape index (κ3) is 3.03. The second-order valence-electron chi connectivity index (χ2n) is 5.07. The molecule has 0 saturated carbocycles. The van der Waals surface area contributed by atoms with E-state index in [1.807, 2.05) is 0 Å². The zero-order valence-electron chi connectivity index (χ0n) is 12.1. The smallest absolute Gasteiger partial charge is 0.322 e. The number of carbonyl (C=O) groups excluding carboxylic acids is 1. The first-order valence-electron chi connectivity index (χ1n) is 6.77. The molecule has 2 heterocycles. The minimum atomic E-state index is -4.46. The van der Waals surface area contributed by atoms with Gasteiger partial charge in [0, 0.05) is 18.1 Å². The summed E-state index contributed by atoms with van der Waals surface area (Å²) in [6.07, 6.45) is -0.951. The Labute approximate surface area is 129 Å². The number of nitrogens with one attached hydrogen (secondary N) is 1. The highest BCUT2D eigenvalue weighted by Crippen LogP contribution is 2.30. The van der Waals surface area contributed by atoms with Crippen LogP contribution in [0, 0.1) is 6.92 Å². The summed E-state index contributed by atoms with van der Waals surface area (Å²) in [7, 11) is 0. The van der Waals surface area contributed by atoms with E-state index in [4.69, 9.17) is 0 Å². The van der Waals surface area contributed by atoms with Crippen LogP contribution >= 0.6 is 0 Å². The van der Waals surface area contributed by atoms with Gasteiger partial charge in [0.1, 0.15) is 5.65 Å². The van der Waals surface area contributed by atoms with Crippen molar-refractivity contribution in [2.24, 2.45) is 0 Å². The number of fused-ring (bicyclic) bond motifs is 1. The fourth-order valence-electron chi connectivity index (χ4n) is 2.28. The number of halogens is 3. The molecule has 0 atom stereocenters. The van der Waals surface area contributed by atoms with Gasteiger partial charge >= 0.3 is 6.18 Å². The Morgan fingerprint density at radius 3 is 2.74 bits per heavy atom. The lowest BCUT2D eigenvalue weighted by Gasteiger charge is -2.10. The second kappa shape index (κ2) is 5.42. The van der Waals surface area contributed by atoms with E-state index in [9.17, 15) is 18.0 Å². The molecular formula is C16H12F3N3O. The van der Waals surface area contributed by atoms with Crippen LogP contribution < -0.4 is 5.32 Å². The summed E-state index contributed by atoms with van der Waals surface area (Å²) in [5.41, 5.74) is 0.747. The number of nitrogens with zero attached hydrogens (tertiary/aromatic N) is 2. The minimum absolute atomic E-state index is 0.0788. The quantitative estimate of drug-likeness (QED) is 0.778. The molecule has 4 nitrogen and oxygen atoms in total. The van der Waals surface area contributed by atoms with Gasteiger partial charge in [-0.3, -0.25) is 4.79 Å². The highest BCUT2D eigenvalue weighted by molar-refractivity contribution is 6.08. The monoisotopic (exact) mass is 319 g/mol. The van der Waals surface area contributed by atoms with Gasteiger partial charge in [-0.1, -0.05) is 6.07 Å². The van der Waals surface area contributed by atoms with Crippen molar-refractivity contribution in [3.8, 4) is 0 Å². The molecule has 0 aliphatic heterocycles. The molecular weight excluding hydrogens is 307 g/mol. The van der Waals surface area contributed by atoms with Crippen molar-refractivity contribution in [2.45, 2.75) is 13.1 Å². The average Bonchev–Trinajstić information content (AvgIpc) is 2.86. The third-order valence-electron chi connectivity index (χ3n) is 3.30. The number of amides is 1. The van der Waals surface area contributed by atoms with Crippen LogP contribution in [0.3, 0.4) is 0 Å². The Kier molecular flexibility index (Phi) is 3.55. The van der Waals surface area contributed by atoms with E-state index in [0.29, 0.717) is 5.65 Å². The van der Waals surface area contributed by atoms with Gasteiger partial charge in [-0.15, -0.1) is 0 Å². The van der Waals surface area contributed by atoms with Gasteiger partial charge in [-0.2, -0.15) is 13.2 Å². The molecule has 0 radical (unpaired) electrons. The van der Waals surface area contributed by atoms with E-state index in [-0.39, 0.29) is 11.3 Å². The average molecular weight is 319 g/mol. The molecule has 2 aromatic heterocycles. The van der Waals surface area contributed by atoms with Gasteiger partial charge in [0.05, 0.1) is 16.8 Å². The largest absolute Gasteiger partial charge is 0.416 e. The number of benzene rings is 1. The standard InChI is InChI=1S/C16H12F3N3O/c1-10-9-22-7-3-6-13(14(22)20-10)15(23)21-12-5-2-4-11(8-12)16(17,18)19/h2-9H,1H3,(H,21,23). The molecule has 1 amide bonds. The topological polar surface area (TPSA) is 46.4 Å². The summed E-state index contributed by atoms with van der Waals surface area (Å²) in [6, 6.07) is 7.76. The fraction of sp³-hybridized carbons (Fsp3) is 0.125. The molecule has 1 N–H and O–H groups in total. The number of carbonyl (C=O) groups is 1. The maximum absolute atomic E-state index is 12.7. The van der Waals surface area contributed by atoms with Crippen LogP contribution in [-0.4, -0.2) is 15.3 Å². The van der Waals surface area contributed by atoms with Crippen molar-refractivity contribution in [3.63, 3.8) is 0 Å². The summed E-state index contributed by atoms with van der Waals surface area (Å²) in [4.78, 5) is 16.6. The molecule has 23 heavy (non-hydrogen) atoms. The van der Waals surface area contributed by atoms with E-state index >= 15 is 0 Å². The van der Waals surface area contributed by atoms with Crippen LogP contribution in [0.15, 0.2) is 48.8 Å². The summed E-state index contributed by atoms with van der Waals surface area (Å²) in [5.74, 6) is -0.513. The minimum Gasteiger partial charge on any atom is -0.322 e. The predicted molar refractivity (Wildman–Crippen MR) is 79.3 cm³/mol. The highest BCUT2D eigenvalue weighted by atomic mass is 19.4. The zero-order chi connectivity index (χ0) is 16.6. The van der Waals surface area contributed by atoms with Gasteiger partial charge in [0.2, 0.25) is 0 Å². The Morgan fingerprint density at radius 1 is 1.22 bits per heavy atom. The SMILES string of the molecule is Cc1cn2cccc(C(=O)Nc3cccc(C(F)(F)F)c3)c2n1. The highest BCUT2D eigenvalue weighted by Gasteiger charge is 2.30. The van der Waals surface area contributed by atoms with Crippen molar-refractivity contribution < 1.29 is 18.0 Å². The summed E-state index contributed by atoms with van der Waals surface area (Å²) < 4.78 is 39.8. The fourth-order valence-corrected chi connectivity index (χ4v) is 2.28. The zero-order valence-corrected chi connectivity index (χ0v) is 12.1. The Bertz CT molecular complexity index is 884. The number of anilines is 1. The van der Waals surface area contributed by atoms with Gasteiger partial charge in [0.25, 0.3) is 5.91 Å². The third-order valence-corrected chi connectivity index (χ3v) is 3.30. The van der Waals surface area contributed by atoms with E-state index in [2.05, 4.69) is 10.3 Å². The molecule has 0 bridgehead atoms. The molecule has 1 aromatic carbocycles. The van der Waals surface area contributed by atoms with Crippen molar-refractivity contribution >= 4 is 17.2 Å². The van der Waals surface area contributed by atoms with Gasteiger partial charge in [0.15, 0.2) is 0 Å². The van der Waals surface area contributed by atoms with Crippen LogP contribution in [0.25, 0.3) is 5.65 Å². The number of aromatic nitrogens is 2. The van der Waals surface area contributed by atoms with E-state index in [1.165, 1.54) is 12.1 Å². The number of hydrogen-bond donors (Lipinski definition) is 1. The van der Waals surface area contributed by atoms with E-state index < -0.39 is 17.6 Å². The first-order chi connectivity index (χ1) is 10.8. The normalized spacial score (nSPS) is 11.7. The first kappa shape index (κ1) is 15.1. The maximum atomic E-state index is 12.7. The molecule has 0 aliphatic carbocycles. The molecule has 0 saturated heterocycles. The number of alkyl halides is 3. The van der Waals surface area contributed by atoms with Crippen LogP contribution in [0.2, 0.25) is 0 Å². The van der Waals surface area contributed by atoms with Crippen LogP contribution in [0.4, 0.5) is 18.9 Å².